The predicted octanol–water partition coefficient (Wildman–Crippen LogP) is 3.79. The Balaban J connectivity index is 2.09. The largest absolute Gasteiger partial charge is 0.330 e. The number of rotatable bonds is 5. The molecule has 0 aliphatic heterocycles. The van der Waals surface area contributed by atoms with Gasteiger partial charge in [-0.3, -0.25) is 0 Å². The highest BCUT2D eigenvalue weighted by Gasteiger charge is 2.05. The number of hydrogen-bond donors (Lipinski definition) is 0. The average molecular weight is 285 g/mol. The molecule has 80 valence electrons. The van der Waals surface area contributed by atoms with E-state index in [2.05, 4.69) is 49.2 Å². The van der Waals surface area contributed by atoms with Crippen molar-refractivity contribution < 1.29 is 0 Å². The van der Waals surface area contributed by atoms with Crippen molar-refractivity contribution in [2.45, 2.75) is 19.4 Å². The predicted molar refractivity (Wildman–Crippen MR) is 68.6 cm³/mol. The zero-order valence-corrected chi connectivity index (χ0v) is 10.8. The molecule has 0 spiro atoms. The van der Waals surface area contributed by atoms with Gasteiger partial charge in [-0.15, -0.1) is 11.3 Å². The number of imidazole rings is 1. The van der Waals surface area contributed by atoms with Gasteiger partial charge in [0.2, 0.25) is 0 Å². The summed E-state index contributed by atoms with van der Waals surface area (Å²) in [5, 5.41) is 3.17. The van der Waals surface area contributed by atoms with Gasteiger partial charge in [-0.2, -0.15) is 0 Å². The van der Waals surface area contributed by atoms with Gasteiger partial charge in [0, 0.05) is 24.3 Å². The van der Waals surface area contributed by atoms with E-state index in [0.29, 0.717) is 0 Å². The van der Waals surface area contributed by atoms with Crippen LogP contribution >= 0.6 is 27.3 Å². The summed E-state index contributed by atoms with van der Waals surface area (Å²) < 4.78 is 2.23. The number of nitrogens with zero attached hydrogens (tertiary/aromatic N) is 2. The molecule has 0 aliphatic carbocycles. The van der Waals surface area contributed by atoms with Crippen molar-refractivity contribution in [1.82, 2.24) is 9.55 Å². The van der Waals surface area contributed by atoms with Gasteiger partial charge in [0.15, 0.2) is 0 Å². The van der Waals surface area contributed by atoms with Crippen LogP contribution in [-0.2, 0) is 6.54 Å². The maximum Gasteiger partial charge on any atom is 0.149 e. The molecule has 0 aliphatic rings. The Labute approximate surface area is 102 Å². The number of aromatic nitrogens is 2. The summed E-state index contributed by atoms with van der Waals surface area (Å²) in [4.78, 5) is 5.65. The lowest BCUT2D eigenvalue weighted by atomic mass is 10.3. The summed E-state index contributed by atoms with van der Waals surface area (Å²) in [7, 11) is 0. The van der Waals surface area contributed by atoms with E-state index >= 15 is 0 Å². The molecular weight excluding hydrogens is 272 g/mol. The van der Waals surface area contributed by atoms with Crippen molar-refractivity contribution in [3.05, 3.63) is 29.9 Å². The fraction of sp³-hybridized carbons (Fsp3) is 0.364. The minimum Gasteiger partial charge on any atom is -0.330 e. The Hall–Kier alpha value is -0.610. The van der Waals surface area contributed by atoms with Crippen LogP contribution in [0.3, 0.4) is 0 Å². The lowest BCUT2D eigenvalue weighted by Gasteiger charge is -2.05. The summed E-state index contributed by atoms with van der Waals surface area (Å²) in [6, 6.07) is 4.19. The van der Waals surface area contributed by atoms with Crippen LogP contribution in [0.1, 0.15) is 12.8 Å². The maximum absolute atomic E-state index is 4.40. The quantitative estimate of drug-likeness (QED) is 0.603. The molecule has 0 saturated heterocycles. The Morgan fingerprint density at radius 1 is 1.40 bits per heavy atom. The van der Waals surface area contributed by atoms with Crippen LogP contribution in [0.4, 0.5) is 0 Å². The third kappa shape index (κ3) is 2.69. The molecule has 2 rings (SSSR count). The summed E-state index contributed by atoms with van der Waals surface area (Å²) in [6.45, 7) is 1.05. The molecule has 0 saturated carbocycles. The minimum absolute atomic E-state index is 1.05. The zero-order valence-electron chi connectivity index (χ0n) is 8.40. The highest BCUT2D eigenvalue weighted by atomic mass is 79.9. The Morgan fingerprint density at radius 3 is 3.07 bits per heavy atom. The molecule has 0 aromatic carbocycles. The first-order valence-corrected chi connectivity index (χ1v) is 7.03. The number of unbranched alkanes of at least 4 members (excludes halogenated alkanes) is 1. The summed E-state index contributed by atoms with van der Waals surface area (Å²) in [6.07, 6.45) is 6.34. The maximum atomic E-state index is 4.40. The molecule has 4 heteroatoms. The van der Waals surface area contributed by atoms with E-state index in [1.165, 1.54) is 17.7 Å². The van der Waals surface area contributed by atoms with Crippen molar-refractivity contribution >= 4 is 27.3 Å². The van der Waals surface area contributed by atoms with Gasteiger partial charge >= 0.3 is 0 Å². The van der Waals surface area contributed by atoms with Crippen LogP contribution in [0.25, 0.3) is 10.7 Å². The Bertz CT molecular complexity index is 394. The molecule has 0 N–H and O–H groups in total. The van der Waals surface area contributed by atoms with Gasteiger partial charge in [0.25, 0.3) is 0 Å². The lowest BCUT2D eigenvalue weighted by Crippen LogP contribution is -1.98. The van der Waals surface area contributed by atoms with Gasteiger partial charge in [0.05, 0.1) is 4.88 Å². The normalized spacial score (nSPS) is 10.7. The smallest absolute Gasteiger partial charge is 0.149 e. The fourth-order valence-corrected chi connectivity index (χ4v) is 2.63. The molecule has 2 heterocycles. The van der Waals surface area contributed by atoms with Crippen LogP contribution in [0.15, 0.2) is 29.9 Å². The number of thiophene rings is 1. The molecule has 0 unspecified atom stereocenters. The first-order chi connectivity index (χ1) is 7.42. The van der Waals surface area contributed by atoms with Crippen LogP contribution in [0.5, 0.6) is 0 Å². The zero-order chi connectivity index (χ0) is 10.5. The van der Waals surface area contributed by atoms with Crippen molar-refractivity contribution in [3.8, 4) is 10.7 Å². The monoisotopic (exact) mass is 284 g/mol. The first kappa shape index (κ1) is 10.9. The number of aryl methyl sites for hydroxylation is 1. The van der Waals surface area contributed by atoms with Gasteiger partial charge in [0.1, 0.15) is 5.82 Å². The van der Waals surface area contributed by atoms with Crippen molar-refractivity contribution in [2.24, 2.45) is 0 Å². The summed E-state index contributed by atoms with van der Waals surface area (Å²) in [5.41, 5.74) is 0. The van der Waals surface area contributed by atoms with E-state index < -0.39 is 0 Å². The highest BCUT2D eigenvalue weighted by Crippen LogP contribution is 2.23. The minimum atomic E-state index is 1.05. The number of halogens is 1. The molecule has 2 aromatic heterocycles. The van der Waals surface area contributed by atoms with E-state index in [0.717, 1.165) is 17.7 Å². The van der Waals surface area contributed by atoms with E-state index in [1.54, 1.807) is 11.3 Å². The van der Waals surface area contributed by atoms with Gasteiger partial charge in [-0.05, 0) is 24.3 Å². The molecule has 2 aromatic rings. The van der Waals surface area contributed by atoms with Crippen LogP contribution in [0.2, 0.25) is 0 Å². The SMILES string of the molecule is BrCCCCn1ccnc1-c1cccs1. The second-order valence-corrected chi connectivity index (χ2v) is 5.06. The van der Waals surface area contributed by atoms with Crippen molar-refractivity contribution in [2.75, 3.05) is 5.33 Å². The Kier molecular flexibility index (Phi) is 3.97. The molecule has 0 bridgehead atoms. The summed E-state index contributed by atoms with van der Waals surface area (Å²) >= 11 is 5.19. The van der Waals surface area contributed by atoms with Crippen molar-refractivity contribution in [3.63, 3.8) is 0 Å². The second-order valence-electron chi connectivity index (χ2n) is 3.32. The van der Waals surface area contributed by atoms with Crippen LogP contribution in [-0.4, -0.2) is 14.9 Å². The van der Waals surface area contributed by atoms with E-state index in [1.807, 2.05) is 6.20 Å². The highest BCUT2D eigenvalue weighted by molar-refractivity contribution is 9.09. The van der Waals surface area contributed by atoms with E-state index in [9.17, 15) is 0 Å². The third-order valence-corrected chi connectivity index (χ3v) is 3.67. The average Bonchev–Trinajstić information content (AvgIpc) is 2.87. The standard InChI is InChI=1S/C11H13BrN2S/c12-5-1-2-7-14-8-6-13-11(14)10-4-3-9-15-10/h3-4,6,8-9H,1-2,5,7H2. The lowest BCUT2D eigenvalue weighted by molar-refractivity contribution is 0.642. The second kappa shape index (κ2) is 5.47. The van der Waals surface area contributed by atoms with Crippen LogP contribution in [0, 0.1) is 0 Å². The van der Waals surface area contributed by atoms with E-state index in [-0.39, 0.29) is 0 Å². The number of hydrogen-bond acceptors (Lipinski definition) is 2. The van der Waals surface area contributed by atoms with Crippen molar-refractivity contribution in [1.29, 1.82) is 0 Å². The van der Waals surface area contributed by atoms with Gasteiger partial charge in [-0.25, -0.2) is 4.98 Å². The van der Waals surface area contributed by atoms with Crippen LogP contribution < -0.4 is 0 Å². The first-order valence-electron chi connectivity index (χ1n) is 5.03. The molecule has 0 atom stereocenters. The number of alkyl halides is 1. The fourth-order valence-electron chi connectivity index (χ4n) is 1.50. The Morgan fingerprint density at radius 2 is 2.33 bits per heavy atom. The molecular formula is C11H13BrN2S. The molecule has 0 amide bonds. The molecule has 0 fully saturated rings. The third-order valence-electron chi connectivity index (χ3n) is 2.24. The van der Waals surface area contributed by atoms with Gasteiger partial charge < -0.3 is 4.57 Å². The molecule has 2 nitrogen and oxygen atoms in total. The molecule has 0 radical (unpaired) electrons. The van der Waals surface area contributed by atoms with E-state index in [4.69, 9.17) is 0 Å². The summed E-state index contributed by atoms with van der Waals surface area (Å²) in [5.74, 6) is 1.10. The molecule has 15 heavy (non-hydrogen) atoms. The van der Waals surface area contributed by atoms with Gasteiger partial charge in [-0.1, -0.05) is 22.0 Å². The topological polar surface area (TPSA) is 17.8 Å².